The molecule has 1 aromatic rings. The fourth-order valence-electron chi connectivity index (χ4n) is 3.12. The molecule has 3 rings (SSSR count). The van der Waals surface area contributed by atoms with E-state index in [-0.39, 0.29) is 10.6 Å². The molecule has 1 N–H and O–H groups in total. The van der Waals surface area contributed by atoms with E-state index < -0.39 is 20.4 Å². The zero-order valence-corrected chi connectivity index (χ0v) is 10.9. The van der Waals surface area contributed by atoms with Crippen molar-refractivity contribution in [1.29, 1.82) is 0 Å². The minimum atomic E-state index is -3.43. The van der Waals surface area contributed by atoms with E-state index in [1.54, 1.807) is 0 Å². The van der Waals surface area contributed by atoms with Gasteiger partial charge in [0.05, 0.1) is 15.3 Å². The van der Waals surface area contributed by atoms with Gasteiger partial charge in [-0.15, -0.1) is 0 Å². The number of halogens is 1. The second-order valence-corrected chi connectivity index (χ2v) is 7.53. The summed E-state index contributed by atoms with van der Waals surface area (Å²) in [4.78, 5) is 0.135. The van der Waals surface area contributed by atoms with Crippen LogP contribution in [0.5, 0.6) is 0 Å². The molecular formula is C13H16FNO2S. The van der Waals surface area contributed by atoms with Gasteiger partial charge >= 0.3 is 0 Å². The number of nitrogens with one attached hydrogen (secondary N) is 1. The van der Waals surface area contributed by atoms with Crippen LogP contribution >= 0.6 is 0 Å². The Morgan fingerprint density at radius 3 is 2.61 bits per heavy atom. The van der Waals surface area contributed by atoms with E-state index in [0.717, 1.165) is 19.3 Å². The van der Waals surface area contributed by atoms with Gasteiger partial charge in [-0.2, -0.15) is 0 Å². The summed E-state index contributed by atoms with van der Waals surface area (Å²) in [5, 5.41) is 2.99. The van der Waals surface area contributed by atoms with E-state index in [9.17, 15) is 12.8 Å². The van der Waals surface area contributed by atoms with Gasteiger partial charge in [0.25, 0.3) is 0 Å². The zero-order valence-electron chi connectivity index (χ0n) is 10.1. The first-order valence-electron chi connectivity index (χ1n) is 6.34. The first-order chi connectivity index (χ1) is 8.57. The molecule has 0 atom stereocenters. The van der Waals surface area contributed by atoms with Crippen molar-refractivity contribution in [2.45, 2.75) is 41.7 Å². The lowest BCUT2D eigenvalue weighted by Gasteiger charge is -2.40. The van der Waals surface area contributed by atoms with Gasteiger partial charge in [0.1, 0.15) is 5.82 Å². The molecule has 0 aromatic heterocycles. The molecule has 1 heterocycles. The van der Waals surface area contributed by atoms with Crippen LogP contribution in [0.1, 0.15) is 32.1 Å². The first-order valence-corrected chi connectivity index (χ1v) is 7.82. The normalized spacial score (nSPS) is 24.3. The van der Waals surface area contributed by atoms with Crippen LogP contribution in [0.3, 0.4) is 0 Å². The van der Waals surface area contributed by atoms with Crippen molar-refractivity contribution < 1.29 is 12.8 Å². The Balaban J connectivity index is 2.16. The molecule has 5 heteroatoms. The number of para-hydroxylation sites is 1. The average molecular weight is 269 g/mol. The number of fused-ring (bicyclic) bond motifs is 1. The van der Waals surface area contributed by atoms with Crippen molar-refractivity contribution in [1.82, 2.24) is 0 Å². The van der Waals surface area contributed by atoms with Crippen LogP contribution in [0, 0.1) is 5.82 Å². The van der Waals surface area contributed by atoms with Gasteiger partial charge in [-0.05, 0) is 25.0 Å². The topological polar surface area (TPSA) is 46.2 Å². The zero-order chi connectivity index (χ0) is 12.8. The first kappa shape index (κ1) is 12.0. The maximum Gasteiger partial charge on any atom is 0.187 e. The lowest BCUT2D eigenvalue weighted by molar-refractivity contribution is 0.380. The molecule has 18 heavy (non-hydrogen) atoms. The molecule has 1 spiro atoms. The highest BCUT2D eigenvalue weighted by atomic mass is 32.2. The van der Waals surface area contributed by atoms with Crippen LogP contribution in [0.4, 0.5) is 10.1 Å². The fourth-order valence-corrected chi connectivity index (χ4v) is 5.37. The van der Waals surface area contributed by atoms with Crippen LogP contribution in [-0.4, -0.2) is 19.7 Å². The molecule has 0 saturated heterocycles. The molecule has 1 saturated carbocycles. The van der Waals surface area contributed by atoms with Gasteiger partial charge < -0.3 is 5.32 Å². The van der Waals surface area contributed by atoms with E-state index in [2.05, 4.69) is 5.32 Å². The third-order valence-corrected chi connectivity index (χ3v) is 6.80. The number of hydrogen-bond donors (Lipinski definition) is 1. The van der Waals surface area contributed by atoms with Gasteiger partial charge in [-0.3, -0.25) is 0 Å². The van der Waals surface area contributed by atoms with Gasteiger partial charge in [0.15, 0.2) is 9.84 Å². The Morgan fingerprint density at radius 1 is 1.17 bits per heavy atom. The molecule has 3 nitrogen and oxygen atoms in total. The molecule has 2 aliphatic rings. The average Bonchev–Trinajstić information content (AvgIpc) is 2.36. The second-order valence-electron chi connectivity index (χ2n) is 5.21. The summed E-state index contributed by atoms with van der Waals surface area (Å²) in [6, 6.07) is 4.27. The van der Waals surface area contributed by atoms with Crippen molar-refractivity contribution in [3.8, 4) is 0 Å². The van der Waals surface area contributed by atoms with Gasteiger partial charge in [-0.1, -0.05) is 25.3 Å². The van der Waals surface area contributed by atoms with E-state index in [4.69, 9.17) is 0 Å². The third kappa shape index (κ3) is 1.49. The highest BCUT2D eigenvalue weighted by molar-refractivity contribution is 7.93. The molecule has 1 aromatic carbocycles. The van der Waals surface area contributed by atoms with Gasteiger partial charge in [0.2, 0.25) is 0 Å². The molecule has 98 valence electrons. The number of hydrogen-bond acceptors (Lipinski definition) is 3. The number of anilines is 1. The predicted molar refractivity (Wildman–Crippen MR) is 67.9 cm³/mol. The van der Waals surface area contributed by atoms with E-state index >= 15 is 0 Å². The van der Waals surface area contributed by atoms with Crippen LogP contribution in [0.2, 0.25) is 0 Å². The molecule has 0 amide bonds. The molecule has 0 radical (unpaired) electrons. The summed E-state index contributed by atoms with van der Waals surface area (Å²) in [6.45, 7) is 0.337. The lowest BCUT2D eigenvalue weighted by atomic mass is 9.88. The van der Waals surface area contributed by atoms with Gasteiger partial charge in [0, 0.05) is 6.54 Å². The van der Waals surface area contributed by atoms with Crippen LogP contribution < -0.4 is 5.32 Å². The highest BCUT2D eigenvalue weighted by Crippen LogP contribution is 2.44. The quantitative estimate of drug-likeness (QED) is 0.787. The van der Waals surface area contributed by atoms with E-state index in [0.29, 0.717) is 19.4 Å². The van der Waals surface area contributed by atoms with Crippen LogP contribution in [-0.2, 0) is 9.84 Å². The van der Waals surface area contributed by atoms with Crippen molar-refractivity contribution >= 4 is 15.5 Å². The van der Waals surface area contributed by atoms with Gasteiger partial charge in [-0.25, -0.2) is 12.8 Å². The number of benzene rings is 1. The Hall–Kier alpha value is -1.10. The molecule has 0 unspecified atom stereocenters. The SMILES string of the molecule is O=S1(=O)c2cccc(F)c2NCC12CCCCC2. The molecule has 1 fully saturated rings. The standard InChI is InChI=1S/C13H16FNO2S/c14-10-5-4-6-11-12(10)15-9-13(18(11,16)17)7-2-1-3-8-13/h4-6,15H,1-3,7-9H2. The molecular weight excluding hydrogens is 253 g/mol. The molecule has 0 bridgehead atoms. The van der Waals surface area contributed by atoms with Crippen molar-refractivity contribution in [2.75, 3.05) is 11.9 Å². The second kappa shape index (κ2) is 3.95. The lowest BCUT2D eigenvalue weighted by Crippen LogP contribution is -2.49. The summed E-state index contributed by atoms with van der Waals surface area (Å²) in [5.74, 6) is -0.485. The Morgan fingerprint density at radius 2 is 1.89 bits per heavy atom. The number of rotatable bonds is 0. The maximum absolute atomic E-state index is 13.6. The van der Waals surface area contributed by atoms with Crippen LogP contribution in [0.15, 0.2) is 23.1 Å². The number of sulfone groups is 1. The summed E-state index contributed by atoms with van der Waals surface area (Å²) < 4.78 is 38.4. The maximum atomic E-state index is 13.6. The summed E-state index contributed by atoms with van der Waals surface area (Å²) in [6.07, 6.45) is 4.32. The summed E-state index contributed by atoms with van der Waals surface area (Å²) >= 11 is 0. The van der Waals surface area contributed by atoms with E-state index in [1.807, 2.05) is 0 Å². The third-order valence-electron chi connectivity index (χ3n) is 4.19. The Bertz CT molecular complexity index is 577. The molecule has 1 aliphatic heterocycles. The Kier molecular flexibility index (Phi) is 2.62. The van der Waals surface area contributed by atoms with E-state index in [1.165, 1.54) is 18.2 Å². The smallest absolute Gasteiger partial charge is 0.187 e. The molecule has 1 aliphatic carbocycles. The Labute approximate surface area is 106 Å². The summed E-state index contributed by atoms with van der Waals surface area (Å²) in [7, 11) is -3.43. The summed E-state index contributed by atoms with van der Waals surface area (Å²) in [5.41, 5.74) is 0.147. The van der Waals surface area contributed by atoms with Crippen LogP contribution in [0.25, 0.3) is 0 Å². The predicted octanol–water partition coefficient (Wildman–Crippen LogP) is 2.73. The van der Waals surface area contributed by atoms with Crippen molar-refractivity contribution in [3.63, 3.8) is 0 Å². The minimum Gasteiger partial charge on any atom is -0.380 e. The highest BCUT2D eigenvalue weighted by Gasteiger charge is 2.49. The minimum absolute atomic E-state index is 0.135. The van der Waals surface area contributed by atoms with Crippen molar-refractivity contribution in [3.05, 3.63) is 24.0 Å². The fraction of sp³-hybridized carbons (Fsp3) is 0.538. The largest absolute Gasteiger partial charge is 0.380 e. The monoisotopic (exact) mass is 269 g/mol. The van der Waals surface area contributed by atoms with Crippen molar-refractivity contribution in [2.24, 2.45) is 0 Å².